The zero-order valence-corrected chi connectivity index (χ0v) is 36.8. The number of hydrogen-bond acceptors (Lipinski definition) is 0. The molecule has 8 rings (SSSR count). The lowest BCUT2D eigenvalue weighted by atomic mass is 9.73. The molecular formula is C59H62. The van der Waals surface area contributed by atoms with Gasteiger partial charge in [-0.1, -0.05) is 196 Å². The molecule has 2 aliphatic carbocycles. The molecule has 0 fully saturated rings. The predicted octanol–water partition coefficient (Wildman–Crippen LogP) is 14.3. The van der Waals surface area contributed by atoms with Gasteiger partial charge in [-0.15, -0.1) is 0 Å². The van der Waals surface area contributed by atoms with E-state index in [-0.39, 0.29) is 10.8 Å². The third kappa shape index (κ3) is 8.00. The van der Waals surface area contributed by atoms with Crippen LogP contribution >= 0.6 is 0 Å². The van der Waals surface area contributed by atoms with Gasteiger partial charge < -0.3 is 0 Å². The average molecular weight is 771 g/mol. The molecule has 6 aromatic rings. The summed E-state index contributed by atoms with van der Waals surface area (Å²) in [7, 11) is 0. The third-order valence-electron chi connectivity index (χ3n) is 12.5. The van der Waals surface area contributed by atoms with Gasteiger partial charge in [-0.05, 0) is 160 Å². The zero-order chi connectivity index (χ0) is 41.3. The van der Waals surface area contributed by atoms with Gasteiger partial charge in [0.2, 0.25) is 0 Å². The van der Waals surface area contributed by atoms with Crippen molar-refractivity contribution >= 4 is 17.2 Å². The molecule has 6 aromatic carbocycles. The van der Waals surface area contributed by atoms with E-state index in [1.54, 1.807) is 0 Å². The van der Waals surface area contributed by atoms with E-state index < -0.39 is 0 Å². The minimum Gasteiger partial charge on any atom is -0.0801 e. The molecule has 0 saturated heterocycles. The smallest absolute Gasteiger partial charge is 0.00165 e. The summed E-state index contributed by atoms with van der Waals surface area (Å²) >= 11 is 0. The first kappa shape index (κ1) is 40.3. The molecule has 0 unspecified atom stereocenters. The van der Waals surface area contributed by atoms with Crippen molar-refractivity contribution in [3.05, 3.63) is 205 Å². The zero-order valence-electron chi connectivity index (χ0n) is 36.8. The fourth-order valence-corrected chi connectivity index (χ4v) is 9.53. The molecule has 298 valence electrons. The van der Waals surface area contributed by atoms with Crippen LogP contribution in [0.2, 0.25) is 0 Å². The molecule has 0 heterocycles. The van der Waals surface area contributed by atoms with Gasteiger partial charge in [-0.3, -0.25) is 0 Å². The van der Waals surface area contributed by atoms with Crippen LogP contribution in [-0.2, 0) is 23.7 Å². The molecule has 0 saturated carbocycles. The molecule has 0 N–H and O–H groups in total. The number of hydrogen-bond donors (Lipinski definition) is 0. The summed E-state index contributed by atoms with van der Waals surface area (Å²) in [6.45, 7) is 19.0. The number of rotatable bonds is 11. The van der Waals surface area contributed by atoms with Gasteiger partial charge in [0.05, 0.1) is 0 Å². The van der Waals surface area contributed by atoms with E-state index in [0.29, 0.717) is 0 Å². The standard InChI is InChI=1S/C59H62/c1-9-11-21-40-29-33-45(34-30-40)52(46-35-31-41(32-36-46)22-12-10-2)56-55-49-39-51(58(3,4)5)48(42-23-15-13-16-24-42)37-47(49)38-50(55)53(43-27-19-20-28-43)54(57(56)59(6,7)8)44-25-17-14-18-26-44/h13-20,23-27,29-39H,9-12,21-22,28H2,1-8H3. The summed E-state index contributed by atoms with van der Waals surface area (Å²) in [6, 6.07) is 46.6. The molecule has 0 aromatic heterocycles. The van der Waals surface area contributed by atoms with Crippen molar-refractivity contribution in [1.29, 1.82) is 0 Å². The second-order valence-corrected chi connectivity index (χ2v) is 19.0. The number of aryl methyl sites for hydroxylation is 2. The largest absolute Gasteiger partial charge is 0.0801 e. The minimum atomic E-state index is -0.205. The van der Waals surface area contributed by atoms with E-state index in [4.69, 9.17) is 0 Å². The van der Waals surface area contributed by atoms with Crippen molar-refractivity contribution in [2.24, 2.45) is 0 Å². The molecule has 0 radical (unpaired) electrons. The van der Waals surface area contributed by atoms with Crippen LogP contribution in [0.15, 0.2) is 140 Å². The highest BCUT2D eigenvalue weighted by atomic mass is 14.3. The van der Waals surface area contributed by atoms with Gasteiger partial charge >= 0.3 is 0 Å². The summed E-state index contributed by atoms with van der Waals surface area (Å²) in [5.74, 6) is 0. The number of fused-ring (bicyclic) bond motifs is 2. The van der Waals surface area contributed by atoms with Crippen molar-refractivity contribution in [1.82, 2.24) is 0 Å². The van der Waals surface area contributed by atoms with Crippen molar-refractivity contribution in [2.45, 2.75) is 111 Å². The molecule has 59 heavy (non-hydrogen) atoms. The molecule has 2 aliphatic rings. The molecule has 0 amide bonds. The second-order valence-electron chi connectivity index (χ2n) is 19.0. The highest BCUT2D eigenvalue weighted by Crippen LogP contribution is 2.43. The lowest BCUT2D eigenvalue weighted by molar-refractivity contribution is 0.586. The Hall–Kier alpha value is -5.46. The highest BCUT2D eigenvalue weighted by Gasteiger charge is 2.31. The van der Waals surface area contributed by atoms with E-state index in [1.165, 1.54) is 124 Å². The van der Waals surface area contributed by atoms with Gasteiger partial charge in [-0.25, -0.2) is 0 Å². The first-order valence-electron chi connectivity index (χ1n) is 22.3. The van der Waals surface area contributed by atoms with E-state index in [1.807, 2.05) is 0 Å². The SMILES string of the molecule is CCCCc1ccc(C(c2ccc(CCCC)cc2)=c2c(C(C)(C)C)c(-c3ccccc3)c(C3=CC=CC3)c3c2=c2cc(C(C)(C)C)c(-c4ccccc4)cc2=C3)cc1. The van der Waals surface area contributed by atoms with Crippen molar-refractivity contribution in [3.63, 3.8) is 0 Å². The predicted molar refractivity (Wildman–Crippen MR) is 255 cm³/mol. The lowest BCUT2D eigenvalue weighted by Crippen LogP contribution is -2.30. The molecular weight excluding hydrogens is 709 g/mol. The van der Waals surface area contributed by atoms with Crippen LogP contribution in [0.25, 0.3) is 39.5 Å². The molecule has 0 heteroatoms. The fraction of sp³-hybridized carbons (Fsp3) is 0.288. The maximum absolute atomic E-state index is 2.57. The first-order chi connectivity index (χ1) is 28.5. The first-order valence-corrected chi connectivity index (χ1v) is 22.3. The van der Waals surface area contributed by atoms with Gasteiger partial charge in [0, 0.05) is 0 Å². The quantitative estimate of drug-likeness (QED) is 0.123. The van der Waals surface area contributed by atoms with Crippen LogP contribution in [0.5, 0.6) is 0 Å². The topological polar surface area (TPSA) is 0 Å². The van der Waals surface area contributed by atoms with E-state index in [0.717, 1.165) is 19.3 Å². The highest BCUT2D eigenvalue weighted by molar-refractivity contribution is 5.94. The van der Waals surface area contributed by atoms with Gasteiger partial charge in [0.15, 0.2) is 0 Å². The Labute approximate surface area is 354 Å². The molecule has 0 bridgehead atoms. The molecule has 0 atom stereocenters. The molecule has 0 aliphatic heterocycles. The Bertz CT molecular complexity index is 2710. The van der Waals surface area contributed by atoms with E-state index in [2.05, 4.69) is 201 Å². The normalized spacial score (nSPS) is 13.3. The number of unbranched alkanes of at least 4 members (excludes halogenated alkanes) is 2. The van der Waals surface area contributed by atoms with Crippen LogP contribution in [-0.4, -0.2) is 0 Å². The lowest BCUT2D eigenvalue weighted by Gasteiger charge is -2.30. The maximum atomic E-state index is 2.57. The van der Waals surface area contributed by atoms with Gasteiger partial charge in [0.1, 0.15) is 0 Å². The van der Waals surface area contributed by atoms with E-state index >= 15 is 0 Å². The summed E-state index contributed by atoms with van der Waals surface area (Å²) in [5.41, 5.74) is 18.6. The monoisotopic (exact) mass is 770 g/mol. The fourth-order valence-electron chi connectivity index (χ4n) is 9.53. The van der Waals surface area contributed by atoms with Crippen molar-refractivity contribution in [2.75, 3.05) is 0 Å². The van der Waals surface area contributed by atoms with Crippen LogP contribution in [0.4, 0.5) is 0 Å². The van der Waals surface area contributed by atoms with Crippen molar-refractivity contribution < 1.29 is 0 Å². The van der Waals surface area contributed by atoms with Gasteiger partial charge in [-0.2, -0.15) is 0 Å². The summed E-state index contributed by atoms with van der Waals surface area (Å²) in [6.07, 6.45) is 17.4. The van der Waals surface area contributed by atoms with Gasteiger partial charge in [0.25, 0.3) is 0 Å². The minimum absolute atomic E-state index is 0.0735. The summed E-state index contributed by atoms with van der Waals surface area (Å²) in [4.78, 5) is 0. The molecule has 0 spiro atoms. The van der Waals surface area contributed by atoms with Crippen LogP contribution in [0, 0.1) is 10.4 Å². The van der Waals surface area contributed by atoms with Crippen LogP contribution in [0.3, 0.4) is 0 Å². The number of benzene rings is 6. The maximum Gasteiger partial charge on any atom is -0.00165 e. The van der Waals surface area contributed by atoms with Crippen molar-refractivity contribution in [3.8, 4) is 22.3 Å². The van der Waals surface area contributed by atoms with E-state index in [9.17, 15) is 0 Å². The average Bonchev–Trinajstić information content (AvgIpc) is 3.91. The summed E-state index contributed by atoms with van der Waals surface area (Å²) < 4.78 is 0. The summed E-state index contributed by atoms with van der Waals surface area (Å²) in [5, 5.41) is 5.38. The number of allylic oxidation sites excluding steroid dienone is 4. The third-order valence-corrected chi connectivity index (χ3v) is 12.5. The Morgan fingerprint density at radius 2 is 1.15 bits per heavy atom. The van der Waals surface area contributed by atoms with Crippen LogP contribution in [0.1, 0.15) is 132 Å². The Balaban J connectivity index is 1.66. The Kier molecular flexibility index (Phi) is 11.4. The van der Waals surface area contributed by atoms with Crippen LogP contribution < -0.4 is 10.4 Å². The second kappa shape index (κ2) is 16.7. The Morgan fingerprint density at radius 3 is 1.64 bits per heavy atom. The Morgan fingerprint density at radius 1 is 0.593 bits per heavy atom. The molecule has 0 nitrogen and oxygen atoms in total.